The van der Waals surface area contributed by atoms with Crippen LogP contribution in [0, 0.1) is 17.2 Å². The molecule has 1 aromatic carbocycles. The van der Waals surface area contributed by atoms with Crippen LogP contribution in [-0.4, -0.2) is 12.9 Å². The van der Waals surface area contributed by atoms with Crippen molar-refractivity contribution in [3.05, 3.63) is 29.3 Å². The third kappa shape index (κ3) is 3.60. The molecule has 1 aliphatic carbocycles. The molecular formula is C17H21NO2. The minimum atomic E-state index is -0.158. The van der Waals surface area contributed by atoms with Crippen molar-refractivity contribution in [2.45, 2.75) is 44.9 Å². The summed E-state index contributed by atoms with van der Waals surface area (Å²) in [5.74, 6) is 1.14. The van der Waals surface area contributed by atoms with Gasteiger partial charge in [-0.05, 0) is 30.0 Å². The van der Waals surface area contributed by atoms with E-state index < -0.39 is 0 Å². The lowest BCUT2D eigenvalue weighted by atomic mass is 9.84. The average molecular weight is 271 g/mol. The van der Waals surface area contributed by atoms with Crippen LogP contribution in [0.3, 0.4) is 0 Å². The minimum Gasteiger partial charge on any atom is -0.496 e. The number of carbonyl (C=O) groups is 1. The fourth-order valence-corrected chi connectivity index (χ4v) is 2.99. The molecule has 1 fully saturated rings. The summed E-state index contributed by atoms with van der Waals surface area (Å²) in [6.07, 6.45) is 7.49. The molecule has 0 aliphatic heterocycles. The highest BCUT2D eigenvalue weighted by Gasteiger charge is 2.17. The van der Waals surface area contributed by atoms with Crippen LogP contribution in [0.1, 0.15) is 54.4 Å². The van der Waals surface area contributed by atoms with Gasteiger partial charge in [0.1, 0.15) is 5.75 Å². The van der Waals surface area contributed by atoms with Crippen LogP contribution in [-0.2, 0) is 6.42 Å². The summed E-state index contributed by atoms with van der Waals surface area (Å²) in [7, 11) is 1.55. The monoisotopic (exact) mass is 271 g/mol. The van der Waals surface area contributed by atoms with Crippen LogP contribution < -0.4 is 4.74 Å². The van der Waals surface area contributed by atoms with Gasteiger partial charge >= 0.3 is 0 Å². The Labute approximate surface area is 120 Å². The first-order chi connectivity index (χ1) is 9.74. The van der Waals surface area contributed by atoms with E-state index in [1.54, 1.807) is 7.11 Å². The number of nitriles is 1. The summed E-state index contributed by atoms with van der Waals surface area (Å²) in [6.45, 7) is 0. The summed E-state index contributed by atoms with van der Waals surface area (Å²) < 4.78 is 5.23. The molecule has 0 aromatic heterocycles. The largest absolute Gasteiger partial charge is 0.496 e. The third-order valence-corrected chi connectivity index (χ3v) is 4.05. The number of hydrogen-bond donors (Lipinski definition) is 0. The highest BCUT2D eigenvalue weighted by molar-refractivity contribution is 6.00. The Balaban J connectivity index is 2.16. The zero-order valence-corrected chi connectivity index (χ0v) is 12.0. The molecule has 3 heteroatoms. The zero-order chi connectivity index (χ0) is 14.4. The number of rotatable bonds is 5. The Bertz CT molecular complexity index is 510. The molecule has 106 valence electrons. The predicted octanol–water partition coefficient (Wildman–Crippen LogP) is 3.91. The molecule has 3 nitrogen and oxygen atoms in total. The number of nitrogens with zero attached hydrogens (tertiary/aromatic N) is 1. The van der Waals surface area contributed by atoms with Gasteiger partial charge in [-0.25, -0.2) is 0 Å². The van der Waals surface area contributed by atoms with Gasteiger partial charge in [0.05, 0.1) is 25.2 Å². The first-order valence-corrected chi connectivity index (χ1v) is 7.31. The second-order valence-corrected chi connectivity index (χ2v) is 5.50. The molecule has 1 aliphatic rings. The smallest absolute Gasteiger partial charge is 0.180 e. The van der Waals surface area contributed by atoms with Crippen LogP contribution in [0.15, 0.2) is 18.2 Å². The van der Waals surface area contributed by atoms with Crippen molar-refractivity contribution < 1.29 is 9.53 Å². The Morgan fingerprint density at radius 2 is 2.10 bits per heavy atom. The SMILES string of the molecule is COc1ccc(CC2CCCCC2)cc1C(=O)CC#N. The van der Waals surface area contributed by atoms with Gasteiger partial charge in [-0.3, -0.25) is 4.79 Å². The van der Waals surface area contributed by atoms with E-state index >= 15 is 0 Å². The molecule has 0 bridgehead atoms. The van der Waals surface area contributed by atoms with E-state index in [9.17, 15) is 4.79 Å². The van der Waals surface area contributed by atoms with Gasteiger partial charge in [-0.2, -0.15) is 5.26 Å². The summed E-state index contributed by atoms with van der Waals surface area (Å²) >= 11 is 0. The van der Waals surface area contributed by atoms with E-state index in [-0.39, 0.29) is 12.2 Å². The second-order valence-electron chi connectivity index (χ2n) is 5.50. The molecule has 0 amide bonds. The summed E-state index contributed by atoms with van der Waals surface area (Å²) in [4.78, 5) is 12.0. The number of methoxy groups -OCH3 is 1. The lowest BCUT2D eigenvalue weighted by molar-refractivity contribution is 0.0994. The van der Waals surface area contributed by atoms with Crippen LogP contribution in [0.4, 0.5) is 0 Å². The van der Waals surface area contributed by atoms with Gasteiger partial charge < -0.3 is 4.74 Å². The van der Waals surface area contributed by atoms with E-state index in [4.69, 9.17) is 10.00 Å². The first kappa shape index (κ1) is 14.6. The number of ketones is 1. The van der Waals surface area contributed by atoms with E-state index in [1.807, 2.05) is 24.3 Å². The van der Waals surface area contributed by atoms with Gasteiger partial charge in [-0.1, -0.05) is 38.2 Å². The number of carbonyl (C=O) groups excluding carboxylic acids is 1. The molecular weight excluding hydrogens is 250 g/mol. The van der Waals surface area contributed by atoms with E-state index in [0.717, 1.165) is 12.3 Å². The maximum absolute atomic E-state index is 12.0. The van der Waals surface area contributed by atoms with E-state index in [1.165, 1.54) is 37.7 Å². The molecule has 2 rings (SSSR count). The minimum absolute atomic E-state index is 0.0940. The van der Waals surface area contributed by atoms with Gasteiger partial charge in [0.15, 0.2) is 5.78 Å². The van der Waals surface area contributed by atoms with E-state index in [2.05, 4.69) is 0 Å². The average Bonchev–Trinajstić information content (AvgIpc) is 2.48. The molecule has 1 aromatic rings. The fourth-order valence-electron chi connectivity index (χ4n) is 2.99. The third-order valence-electron chi connectivity index (χ3n) is 4.05. The number of Topliss-reactive ketones (excluding diaryl/α,β-unsaturated/α-hetero) is 1. The van der Waals surface area contributed by atoms with Crippen LogP contribution >= 0.6 is 0 Å². The highest BCUT2D eigenvalue weighted by atomic mass is 16.5. The summed E-state index contributed by atoms with van der Waals surface area (Å²) in [5.41, 5.74) is 1.72. The summed E-state index contributed by atoms with van der Waals surface area (Å²) in [5, 5.41) is 8.68. The van der Waals surface area contributed by atoms with Crippen molar-refractivity contribution in [1.82, 2.24) is 0 Å². The standard InChI is InChI=1S/C17H21NO2/c1-20-17-8-7-14(11-13-5-3-2-4-6-13)12-15(17)16(19)9-10-18/h7-8,12-13H,2-6,9,11H2,1H3. The van der Waals surface area contributed by atoms with Gasteiger partial charge in [0.25, 0.3) is 0 Å². The van der Waals surface area contributed by atoms with Crippen molar-refractivity contribution in [3.8, 4) is 11.8 Å². The van der Waals surface area contributed by atoms with E-state index in [0.29, 0.717) is 11.3 Å². The Morgan fingerprint density at radius 1 is 1.35 bits per heavy atom. The molecule has 0 atom stereocenters. The Hall–Kier alpha value is -1.82. The fraction of sp³-hybridized carbons (Fsp3) is 0.529. The first-order valence-electron chi connectivity index (χ1n) is 7.31. The Morgan fingerprint density at radius 3 is 2.75 bits per heavy atom. The van der Waals surface area contributed by atoms with Gasteiger partial charge in [0.2, 0.25) is 0 Å². The van der Waals surface area contributed by atoms with Crippen LogP contribution in [0.5, 0.6) is 5.75 Å². The topological polar surface area (TPSA) is 50.1 Å². The molecule has 0 saturated heterocycles. The highest BCUT2D eigenvalue weighted by Crippen LogP contribution is 2.29. The number of ether oxygens (including phenoxy) is 1. The van der Waals surface area contributed by atoms with Crippen molar-refractivity contribution in [2.75, 3.05) is 7.11 Å². The van der Waals surface area contributed by atoms with Crippen LogP contribution in [0.25, 0.3) is 0 Å². The molecule has 0 N–H and O–H groups in total. The van der Waals surface area contributed by atoms with Gasteiger partial charge in [-0.15, -0.1) is 0 Å². The number of benzene rings is 1. The molecule has 0 unspecified atom stereocenters. The maximum atomic E-state index is 12.0. The number of hydrogen-bond acceptors (Lipinski definition) is 3. The molecule has 0 spiro atoms. The van der Waals surface area contributed by atoms with Crippen molar-refractivity contribution in [3.63, 3.8) is 0 Å². The molecule has 0 radical (unpaired) electrons. The van der Waals surface area contributed by atoms with Gasteiger partial charge in [0, 0.05) is 0 Å². The van der Waals surface area contributed by atoms with Crippen molar-refractivity contribution >= 4 is 5.78 Å². The normalized spacial score (nSPS) is 15.6. The molecule has 0 heterocycles. The molecule has 20 heavy (non-hydrogen) atoms. The quantitative estimate of drug-likeness (QED) is 0.763. The maximum Gasteiger partial charge on any atom is 0.180 e. The Kier molecular flexibility index (Phi) is 5.17. The second kappa shape index (κ2) is 7.09. The van der Waals surface area contributed by atoms with Crippen molar-refractivity contribution in [1.29, 1.82) is 5.26 Å². The molecule has 1 saturated carbocycles. The predicted molar refractivity (Wildman–Crippen MR) is 77.8 cm³/mol. The lowest BCUT2D eigenvalue weighted by Gasteiger charge is -2.21. The summed E-state index contributed by atoms with van der Waals surface area (Å²) in [6, 6.07) is 7.71. The van der Waals surface area contributed by atoms with Crippen LogP contribution in [0.2, 0.25) is 0 Å². The van der Waals surface area contributed by atoms with Crippen molar-refractivity contribution in [2.24, 2.45) is 5.92 Å². The lowest BCUT2D eigenvalue weighted by Crippen LogP contribution is -2.10. The zero-order valence-electron chi connectivity index (χ0n) is 12.0.